The van der Waals surface area contributed by atoms with Crippen LogP contribution in [-0.2, 0) is 32.6 Å². The Hall–Kier alpha value is -3.33. The summed E-state index contributed by atoms with van der Waals surface area (Å²) in [5.41, 5.74) is 0.786. The highest BCUT2D eigenvalue weighted by Gasteiger charge is 2.51. The third-order valence-corrected chi connectivity index (χ3v) is 7.26. The van der Waals surface area contributed by atoms with Crippen LogP contribution in [0, 0.1) is 0 Å². The second-order valence-electron chi connectivity index (χ2n) is 10.2. The highest BCUT2D eigenvalue weighted by molar-refractivity contribution is 6.06. The van der Waals surface area contributed by atoms with Gasteiger partial charge < -0.3 is 20.9 Å². The zero-order valence-corrected chi connectivity index (χ0v) is 20.0. The Morgan fingerprint density at radius 3 is 2.80 bits per heavy atom. The number of pyridine rings is 1. The van der Waals surface area contributed by atoms with Crippen molar-refractivity contribution in [2.45, 2.75) is 56.7 Å². The van der Waals surface area contributed by atoms with E-state index >= 15 is 0 Å². The predicted octanol–water partition coefficient (Wildman–Crippen LogP) is 2.34. The summed E-state index contributed by atoms with van der Waals surface area (Å²) in [6.45, 7) is 3.60. The molecule has 5 rings (SSSR count). The standard InChI is InChI=1S/C26H30FN5O3/c1-25(2,27)24(35)32(19-5-3-9-28-14-19)15-21(33)30-18-8-7-16-12-26(13-17(16)11-18)20-6-4-10-29-22(20)31-23(26)34/h4,6-8,10-11,19,28H,3,5,9,12-15H2,1-2H3,(H,30,33)(H,29,31,34)/t19-,26+/m0/s1. The van der Waals surface area contributed by atoms with Crippen LogP contribution in [0.2, 0.25) is 0 Å². The van der Waals surface area contributed by atoms with Gasteiger partial charge in [0.2, 0.25) is 11.8 Å². The molecule has 35 heavy (non-hydrogen) atoms. The Morgan fingerprint density at radius 2 is 2.06 bits per heavy atom. The molecule has 1 aromatic carbocycles. The SMILES string of the molecule is CC(C)(F)C(=O)N(CC(=O)Nc1ccc2c(c1)C[C@@]1(C2)C(=O)Nc2ncccc21)[C@H]1CCCNC1. The molecule has 3 heterocycles. The quantitative estimate of drug-likeness (QED) is 0.611. The fourth-order valence-electron chi connectivity index (χ4n) is 5.51. The topological polar surface area (TPSA) is 103 Å². The van der Waals surface area contributed by atoms with Gasteiger partial charge >= 0.3 is 0 Å². The molecule has 0 bridgehead atoms. The number of halogens is 1. The van der Waals surface area contributed by atoms with Crippen molar-refractivity contribution in [2.24, 2.45) is 0 Å². The van der Waals surface area contributed by atoms with E-state index in [1.165, 1.54) is 18.7 Å². The lowest BCUT2D eigenvalue weighted by atomic mass is 9.79. The lowest BCUT2D eigenvalue weighted by Gasteiger charge is -2.36. The summed E-state index contributed by atoms with van der Waals surface area (Å²) in [5.74, 6) is -0.514. The van der Waals surface area contributed by atoms with E-state index in [0.29, 0.717) is 30.9 Å². The number of hydrogen-bond acceptors (Lipinski definition) is 5. The van der Waals surface area contributed by atoms with Crippen LogP contribution in [0.3, 0.4) is 0 Å². The summed E-state index contributed by atoms with van der Waals surface area (Å²) in [6.07, 6.45) is 4.34. The zero-order chi connectivity index (χ0) is 24.8. The molecule has 3 aliphatic rings. The van der Waals surface area contributed by atoms with E-state index < -0.39 is 17.0 Å². The number of amides is 3. The fourth-order valence-corrected chi connectivity index (χ4v) is 5.51. The molecule has 1 spiro atoms. The monoisotopic (exact) mass is 479 g/mol. The molecule has 1 fully saturated rings. The Morgan fingerprint density at radius 1 is 1.26 bits per heavy atom. The summed E-state index contributed by atoms with van der Waals surface area (Å²) >= 11 is 0. The predicted molar refractivity (Wildman–Crippen MR) is 130 cm³/mol. The average molecular weight is 480 g/mol. The molecule has 0 unspecified atom stereocenters. The van der Waals surface area contributed by atoms with E-state index in [0.717, 1.165) is 36.1 Å². The molecule has 2 aliphatic heterocycles. The van der Waals surface area contributed by atoms with Crippen LogP contribution in [-0.4, -0.2) is 59.0 Å². The summed E-state index contributed by atoms with van der Waals surface area (Å²) < 4.78 is 14.5. The molecule has 0 radical (unpaired) electrons. The first-order valence-electron chi connectivity index (χ1n) is 12.1. The second-order valence-corrected chi connectivity index (χ2v) is 10.2. The third-order valence-electron chi connectivity index (χ3n) is 7.26. The van der Waals surface area contributed by atoms with Gasteiger partial charge in [-0.05, 0) is 75.4 Å². The minimum atomic E-state index is -2.06. The largest absolute Gasteiger partial charge is 0.326 e. The average Bonchev–Trinajstić information content (AvgIpc) is 3.34. The first-order valence-corrected chi connectivity index (χ1v) is 12.1. The first kappa shape index (κ1) is 23.4. The van der Waals surface area contributed by atoms with E-state index in [2.05, 4.69) is 20.9 Å². The lowest BCUT2D eigenvalue weighted by Crippen LogP contribution is -2.55. The molecular weight excluding hydrogens is 449 g/mol. The van der Waals surface area contributed by atoms with Crippen molar-refractivity contribution in [1.29, 1.82) is 0 Å². The number of benzene rings is 1. The maximum Gasteiger partial charge on any atom is 0.260 e. The van der Waals surface area contributed by atoms with Crippen LogP contribution in [0.15, 0.2) is 36.5 Å². The van der Waals surface area contributed by atoms with Crippen LogP contribution in [0.1, 0.15) is 43.4 Å². The second kappa shape index (κ2) is 8.71. The molecule has 1 aromatic heterocycles. The molecule has 8 nitrogen and oxygen atoms in total. The van der Waals surface area contributed by atoms with Crippen LogP contribution in [0.4, 0.5) is 15.9 Å². The van der Waals surface area contributed by atoms with Crippen molar-refractivity contribution in [3.8, 4) is 0 Å². The molecule has 3 amide bonds. The normalized spacial score (nSPS) is 22.9. The summed E-state index contributed by atoms with van der Waals surface area (Å²) in [5, 5.41) is 8.98. The highest BCUT2D eigenvalue weighted by Crippen LogP contribution is 2.46. The number of anilines is 2. The van der Waals surface area contributed by atoms with Crippen LogP contribution >= 0.6 is 0 Å². The van der Waals surface area contributed by atoms with Gasteiger partial charge in [-0.15, -0.1) is 0 Å². The van der Waals surface area contributed by atoms with Crippen molar-refractivity contribution in [3.63, 3.8) is 0 Å². The number of hydrogen-bond donors (Lipinski definition) is 3. The van der Waals surface area contributed by atoms with E-state index in [4.69, 9.17) is 0 Å². The van der Waals surface area contributed by atoms with Crippen LogP contribution < -0.4 is 16.0 Å². The molecule has 1 saturated heterocycles. The number of alkyl halides is 1. The summed E-state index contributed by atoms with van der Waals surface area (Å²) in [6, 6.07) is 9.17. The number of nitrogens with zero attached hydrogens (tertiary/aromatic N) is 2. The Kier molecular flexibility index (Phi) is 5.83. The van der Waals surface area contributed by atoms with Gasteiger partial charge in [-0.25, -0.2) is 9.37 Å². The maximum absolute atomic E-state index is 14.5. The smallest absolute Gasteiger partial charge is 0.260 e. The highest BCUT2D eigenvalue weighted by atomic mass is 19.1. The van der Waals surface area contributed by atoms with Gasteiger partial charge in [0, 0.05) is 30.0 Å². The van der Waals surface area contributed by atoms with E-state index in [1.54, 1.807) is 12.3 Å². The van der Waals surface area contributed by atoms with Crippen LogP contribution in [0.25, 0.3) is 0 Å². The number of rotatable bonds is 5. The number of carbonyl (C=O) groups excluding carboxylic acids is 3. The minimum Gasteiger partial charge on any atom is -0.326 e. The van der Waals surface area contributed by atoms with Crippen LogP contribution in [0.5, 0.6) is 0 Å². The molecular formula is C26H30FN5O3. The van der Waals surface area contributed by atoms with Gasteiger partial charge in [0.05, 0.1) is 5.41 Å². The first-order chi connectivity index (χ1) is 16.7. The van der Waals surface area contributed by atoms with Gasteiger partial charge in [0.1, 0.15) is 12.4 Å². The van der Waals surface area contributed by atoms with Crippen molar-refractivity contribution in [3.05, 3.63) is 53.2 Å². The van der Waals surface area contributed by atoms with E-state index in [9.17, 15) is 18.8 Å². The van der Waals surface area contributed by atoms with Gasteiger partial charge in [0.15, 0.2) is 5.67 Å². The number of fused-ring (bicyclic) bond motifs is 3. The van der Waals surface area contributed by atoms with Crippen molar-refractivity contribution in [1.82, 2.24) is 15.2 Å². The molecule has 1 aliphatic carbocycles. The summed E-state index contributed by atoms with van der Waals surface area (Å²) in [4.78, 5) is 44.3. The van der Waals surface area contributed by atoms with Gasteiger partial charge in [-0.1, -0.05) is 12.1 Å². The van der Waals surface area contributed by atoms with Crippen molar-refractivity contribution >= 4 is 29.2 Å². The lowest BCUT2D eigenvalue weighted by molar-refractivity contribution is -0.146. The van der Waals surface area contributed by atoms with Gasteiger partial charge in [-0.2, -0.15) is 0 Å². The van der Waals surface area contributed by atoms with Crippen molar-refractivity contribution < 1.29 is 18.8 Å². The van der Waals surface area contributed by atoms with E-state index in [1.807, 2.05) is 24.3 Å². The molecule has 2 aromatic rings. The number of aromatic nitrogens is 1. The Bertz CT molecular complexity index is 1190. The molecule has 2 atom stereocenters. The summed E-state index contributed by atoms with van der Waals surface area (Å²) in [7, 11) is 0. The molecule has 0 saturated carbocycles. The Balaban J connectivity index is 1.31. The Labute approximate surface area is 203 Å². The number of carbonyl (C=O) groups is 3. The van der Waals surface area contributed by atoms with Crippen molar-refractivity contribution in [2.75, 3.05) is 30.3 Å². The zero-order valence-electron chi connectivity index (χ0n) is 20.0. The minimum absolute atomic E-state index is 0.0583. The number of nitrogens with one attached hydrogen (secondary N) is 3. The number of piperidine rings is 1. The van der Waals surface area contributed by atoms with E-state index in [-0.39, 0.29) is 24.4 Å². The van der Waals surface area contributed by atoms with Gasteiger partial charge in [-0.3, -0.25) is 14.4 Å². The fraction of sp³-hybridized carbons (Fsp3) is 0.462. The van der Waals surface area contributed by atoms with Gasteiger partial charge in [0.25, 0.3) is 5.91 Å². The third kappa shape index (κ3) is 4.29. The molecule has 184 valence electrons. The molecule has 3 N–H and O–H groups in total. The maximum atomic E-state index is 14.5. The molecule has 9 heteroatoms.